The summed E-state index contributed by atoms with van der Waals surface area (Å²) in [5.41, 5.74) is 7.34. The van der Waals surface area contributed by atoms with Gasteiger partial charge in [-0.1, -0.05) is 48.4 Å². The van der Waals surface area contributed by atoms with Crippen LogP contribution in [0.15, 0.2) is 67.0 Å². The summed E-state index contributed by atoms with van der Waals surface area (Å²) in [6.07, 6.45) is 7.00. The molecule has 2 aliphatic heterocycles. The van der Waals surface area contributed by atoms with Crippen molar-refractivity contribution in [3.8, 4) is 34.4 Å². The van der Waals surface area contributed by atoms with Crippen LogP contribution in [0.1, 0.15) is 72.9 Å². The van der Waals surface area contributed by atoms with Gasteiger partial charge in [0, 0.05) is 55.8 Å². The molecule has 0 bridgehead atoms. The number of halogens is 1. The number of piperidine rings is 1. The highest BCUT2D eigenvalue weighted by molar-refractivity contribution is 6.32. The Labute approximate surface area is 329 Å². The number of nitrogens with zero attached hydrogens (tertiary/aromatic N) is 4. The number of carboxylic acids is 1. The molecule has 0 aliphatic carbocycles. The molecule has 0 amide bonds. The summed E-state index contributed by atoms with van der Waals surface area (Å²) in [6, 6.07) is 19.3. The summed E-state index contributed by atoms with van der Waals surface area (Å²) in [7, 11) is 0. The van der Waals surface area contributed by atoms with Crippen LogP contribution in [-0.2, 0) is 29.3 Å². The van der Waals surface area contributed by atoms with E-state index in [4.69, 9.17) is 30.5 Å². The Kier molecular flexibility index (Phi) is 13.7. The van der Waals surface area contributed by atoms with Crippen LogP contribution in [0, 0.1) is 25.2 Å². The minimum absolute atomic E-state index is 0.161. The number of hydrogen-bond donors (Lipinski definition) is 1. The van der Waals surface area contributed by atoms with E-state index in [9.17, 15) is 15.2 Å². The minimum Gasteiger partial charge on any atom is -0.493 e. The third-order valence-electron chi connectivity index (χ3n) is 10.5. The van der Waals surface area contributed by atoms with Gasteiger partial charge < -0.3 is 24.1 Å². The molecule has 2 fully saturated rings. The van der Waals surface area contributed by atoms with Crippen LogP contribution in [0.2, 0.25) is 5.02 Å². The lowest BCUT2D eigenvalue weighted by Crippen LogP contribution is -2.45. The van der Waals surface area contributed by atoms with Crippen LogP contribution in [0.3, 0.4) is 0 Å². The summed E-state index contributed by atoms with van der Waals surface area (Å²) < 4.78 is 24.9. The van der Waals surface area contributed by atoms with E-state index in [1.165, 1.54) is 6.20 Å². The zero-order valence-corrected chi connectivity index (χ0v) is 33.0. The maximum Gasteiger partial charge on any atom is 0.320 e. The second-order valence-corrected chi connectivity index (χ2v) is 15.1. The van der Waals surface area contributed by atoms with Crippen molar-refractivity contribution >= 4 is 17.6 Å². The number of ether oxygens (including phenoxy) is 4. The van der Waals surface area contributed by atoms with Gasteiger partial charge in [-0.25, -0.2) is 0 Å². The zero-order chi connectivity index (χ0) is 38.9. The normalized spacial score (nSPS) is 19.1. The smallest absolute Gasteiger partial charge is 0.320 e. The molecule has 3 aromatic carbocycles. The number of benzene rings is 3. The predicted molar refractivity (Wildman–Crippen MR) is 213 cm³/mol. The van der Waals surface area contributed by atoms with Crippen LogP contribution in [0.5, 0.6) is 17.2 Å². The highest BCUT2D eigenvalue weighted by Gasteiger charge is 2.29. The van der Waals surface area contributed by atoms with Crippen molar-refractivity contribution in [1.29, 1.82) is 5.26 Å². The Morgan fingerprint density at radius 3 is 2.44 bits per heavy atom. The molecular formula is C44H51ClN4O6. The molecule has 2 saturated heterocycles. The number of aromatic nitrogens is 1. The molecule has 2 aliphatic rings. The van der Waals surface area contributed by atoms with Gasteiger partial charge in [-0.2, -0.15) is 5.26 Å². The lowest BCUT2D eigenvalue weighted by molar-refractivity contribution is -0.144. The van der Waals surface area contributed by atoms with Crippen molar-refractivity contribution in [2.75, 3.05) is 32.8 Å². The van der Waals surface area contributed by atoms with E-state index >= 15 is 0 Å². The molecule has 11 heteroatoms. The highest BCUT2D eigenvalue weighted by Crippen LogP contribution is 2.37. The summed E-state index contributed by atoms with van der Waals surface area (Å²) >= 11 is 6.87. The summed E-state index contributed by atoms with van der Waals surface area (Å²) in [5.74, 6) is 1.04. The van der Waals surface area contributed by atoms with Crippen LogP contribution in [0.25, 0.3) is 11.1 Å². The second kappa shape index (κ2) is 18.8. The third kappa shape index (κ3) is 10.4. The first-order valence-electron chi connectivity index (χ1n) is 19.2. The van der Waals surface area contributed by atoms with E-state index in [1.807, 2.05) is 29.2 Å². The zero-order valence-electron chi connectivity index (χ0n) is 32.2. The summed E-state index contributed by atoms with van der Waals surface area (Å²) in [5, 5.41) is 19.7. The third-order valence-corrected chi connectivity index (χ3v) is 10.8. The SMILES string of the molecule is Cc1c(COc2cc(OCc3cncc(C#N)c3)c(CN3CCCCC3C(=O)O)cc2Cl)cccc1-c1cccc(OCCCN2C[C@@H](C)O[C@@H](C)C2)c1C. The van der Waals surface area contributed by atoms with Crippen LogP contribution in [0.4, 0.5) is 0 Å². The molecule has 3 atom stereocenters. The first kappa shape index (κ1) is 40.0. The van der Waals surface area contributed by atoms with Crippen molar-refractivity contribution < 1.29 is 28.8 Å². The number of carboxylic acid groups (broad SMARTS) is 1. The molecule has 1 aromatic heterocycles. The van der Waals surface area contributed by atoms with Crippen LogP contribution in [-0.4, -0.2) is 76.9 Å². The Hall–Kier alpha value is -4.66. The number of carbonyl (C=O) groups is 1. The predicted octanol–water partition coefficient (Wildman–Crippen LogP) is 8.37. The lowest BCUT2D eigenvalue weighted by atomic mass is 9.93. The molecule has 3 heterocycles. The molecule has 0 saturated carbocycles. The Morgan fingerprint density at radius 1 is 0.927 bits per heavy atom. The number of pyridine rings is 1. The highest BCUT2D eigenvalue weighted by atomic mass is 35.5. The van der Waals surface area contributed by atoms with Gasteiger partial charge in [0.25, 0.3) is 0 Å². The number of hydrogen-bond acceptors (Lipinski definition) is 9. The Bertz CT molecular complexity index is 1990. The standard InChI is InChI=1S/C44H51ClN4O6/c1-29-24-48(25-30(2)55-29)15-9-17-52-41-14-8-12-38(32(41)4)37-11-7-10-35(31(37)3)28-54-43-20-42(53-27-34-18-33(21-46)22-47-23-34)36(19-39(43)45)26-49-16-6-5-13-40(49)44(50)51/h7-8,10-12,14,18-20,22-23,29-30,40H,5-6,9,13,15-17,24-28H2,1-4H3,(H,50,51)/t29-,30+,40?. The van der Waals surface area contributed by atoms with Crippen LogP contribution < -0.4 is 14.2 Å². The van der Waals surface area contributed by atoms with E-state index in [2.05, 4.69) is 61.8 Å². The van der Waals surface area contributed by atoms with E-state index in [0.29, 0.717) is 48.2 Å². The van der Waals surface area contributed by atoms with Gasteiger partial charge in [0.1, 0.15) is 42.6 Å². The van der Waals surface area contributed by atoms with E-state index in [-0.39, 0.29) is 25.4 Å². The molecular weight excluding hydrogens is 716 g/mol. The maximum atomic E-state index is 12.1. The molecule has 1 N–H and O–H groups in total. The van der Waals surface area contributed by atoms with Gasteiger partial charge in [0.05, 0.1) is 29.4 Å². The maximum absolute atomic E-state index is 12.1. The van der Waals surface area contributed by atoms with Crippen molar-refractivity contribution in [2.24, 2.45) is 0 Å². The minimum atomic E-state index is -0.830. The van der Waals surface area contributed by atoms with Gasteiger partial charge in [0.15, 0.2) is 0 Å². The van der Waals surface area contributed by atoms with E-state index in [0.717, 1.165) is 83.6 Å². The number of likely N-dealkylation sites (tertiary alicyclic amines) is 1. The van der Waals surface area contributed by atoms with E-state index < -0.39 is 12.0 Å². The monoisotopic (exact) mass is 766 g/mol. The van der Waals surface area contributed by atoms with Crippen molar-refractivity contribution in [2.45, 2.75) is 91.4 Å². The molecule has 0 spiro atoms. The van der Waals surface area contributed by atoms with Gasteiger partial charge in [0.2, 0.25) is 0 Å². The van der Waals surface area contributed by atoms with Gasteiger partial charge in [-0.3, -0.25) is 19.6 Å². The molecule has 290 valence electrons. The number of nitriles is 1. The molecule has 6 rings (SSSR count). The number of rotatable bonds is 15. The fraction of sp³-hybridized carbons (Fsp3) is 0.432. The van der Waals surface area contributed by atoms with Gasteiger partial charge in [-0.05, 0) is 99.5 Å². The van der Waals surface area contributed by atoms with Crippen molar-refractivity contribution in [1.82, 2.24) is 14.8 Å². The summed E-state index contributed by atoms with van der Waals surface area (Å²) in [4.78, 5) is 20.7. The second-order valence-electron chi connectivity index (χ2n) is 14.7. The van der Waals surface area contributed by atoms with Crippen LogP contribution >= 0.6 is 11.6 Å². The fourth-order valence-corrected chi connectivity index (χ4v) is 7.94. The van der Waals surface area contributed by atoms with E-state index in [1.54, 1.807) is 18.3 Å². The average molecular weight is 767 g/mol. The van der Waals surface area contributed by atoms with Gasteiger partial charge in [-0.15, -0.1) is 0 Å². The first-order valence-corrected chi connectivity index (χ1v) is 19.6. The molecule has 0 radical (unpaired) electrons. The molecule has 4 aromatic rings. The van der Waals surface area contributed by atoms with Gasteiger partial charge >= 0.3 is 5.97 Å². The topological polar surface area (TPSA) is 117 Å². The fourth-order valence-electron chi connectivity index (χ4n) is 7.70. The average Bonchev–Trinajstić information content (AvgIpc) is 3.17. The molecule has 10 nitrogen and oxygen atoms in total. The summed E-state index contributed by atoms with van der Waals surface area (Å²) in [6.45, 7) is 13.5. The first-order chi connectivity index (χ1) is 26.6. The largest absolute Gasteiger partial charge is 0.493 e. The van der Waals surface area contributed by atoms with Crippen molar-refractivity contribution in [3.63, 3.8) is 0 Å². The Balaban J connectivity index is 1.17. The van der Waals surface area contributed by atoms with Crippen molar-refractivity contribution in [3.05, 3.63) is 105 Å². The molecule has 1 unspecified atom stereocenters. The number of morpholine rings is 1. The quantitative estimate of drug-likeness (QED) is 0.118. The molecule has 55 heavy (non-hydrogen) atoms. The number of aliphatic carboxylic acids is 1. The Morgan fingerprint density at radius 2 is 1.67 bits per heavy atom. The lowest BCUT2D eigenvalue weighted by Gasteiger charge is -2.35.